The topological polar surface area (TPSA) is 79.5 Å². The first-order valence-corrected chi connectivity index (χ1v) is 9.73. The Morgan fingerprint density at radius 2 is 1.93 bits per heavy atom. The molecule has 2 aromatic rings. The molecule has 7 nitrogen and oxygen atoms in total. The van der Waals surface area contributed by atoms with E-state index in [2.05, 4.69) is 44.1 Å². The lowest BCUT2D eigenvalue weighted by Gasteiger charge is -2.35. The van der Waals surface area contributed by atoms with Crippen molar-refractivity contribution in [3.05, 3.63) is 35.9 Å². The number of hydrogen-bond acceptors (Lipinski definition) is 7. The number of ether oxygens (including phenoxy) is 1. The number of nitrogen functional groups attached to an aromatic ring is 1. The molecule has 1 atom stereocenters. The van der Waals surface area contributed by atoms with E-state index in [1.165, 1.54) is 18.4 Å². The summed E-state index contributed by atoms with van der Waals surface area (Å²) in [5.41, 5.74) is 8.25. The highest BCUT2D eigenvalue weighted by atomic mass is 16.5. The molecule has 0 saturated carbocycles. The normalized spacial score (nSPS) is 20.8. The van der Waals surface area contributed by atoms with Crippen LogP contribution in [0.1, 0.15) is 18.4 Å². The Morgan fingerprint density at radius 3 is 2.63 bits per heavy atom. The molecule has 1 aromatic heterocycles. The SMILES string of the molecule is Cc1ccc(Nc2cc(N)nc(N3CCN(CC4CCCO4)CC3)n2)cc1. The van der Waals surface area contributed by atoms with E-state index >= 15 is 0 Å². The highest BCUT2D eigenvalue weighted by molar-refractivity contribution is 5.60. The van der Waals surface area contributed by atoms with Gasteiger partial charge in [0.05, 0.1) is 6.10 Å². The van der Waals surface area contributed by atoms with Crippen LogP contribution in [0.5, 0.6) is 0 Å². The third kappa shape index (κ3) is 4.67. The van der Waals surface area contributed by atoms with Crippen molar-refractivity contribution in [2.24, 2.45) is 0 Å². The van der Waals surface area contributed by atoms with Gasteiger partial charge in [0.15, 0.2) is 0 Å². The molecule has 27 heavy (non-hydrogen) atoms. The van der Waals surface area contributed by atoms with Gasteiger partial charge in [0.2, 0.25) is 5.95 Å². The number of piperazine rings is 1. The van der Waals surface area contributed by atoms with Gasteiger partial charge in [-0.2, -0.15) is 9.97 Å². The molecule has 0 amide bonds. The fourth-order valence-corrected chi connectivity index (χ4v) is 3.65. The van der Waals surface area contributed by atoms with Crippen LogP contribution in [0.25, 0.3) is 0 Å². The molecule has 0 bridgehead atoms. The van der Waals surface area contributed by atoms with Crippen LogP contribution in [-0.4, -0.2) is 60.3 Å². The van der Waals surface area contributed by atoms with Crippen LogP contribution in [0.15, 0.2) is 30.3 Å². The van der Waals surface area contributed by atoms with E-state index in [4.69, 9.17) is 10.5 Å². The van der Waals surface area contributed by atoms with Gasteiger partial charge in [-0.3, -0.25) is 4.90 Å². The van der Waals surface area contributed by atoms with Gasteiger partial charge in [0, 0.05) is 51.1 Å². The van der Waals surface area contributed by atoms with Crippen molar-refractivity contribution in [3.63, 3.8) is 0 Å². The smallest absolute Gasteiger partial charge is 0.229 e. The lowest BCUT2D eigenvalue weighted by molar-refractivity contribution is 0.0712. The summed E-state index contributed by atoms with van der Waals surface area (Å²) in [5, 5.41) is 3.32. The summed E-state index contributed by atoms with van der Waals surface area (Å²) in [6.45, 7) is 7.82. The lowest BCUT2D eigenvalue weighted by Crippen LogP contribution is -2.49. The van der Waals surface area contributed by atoms with E-state index in [0.29, 0.717) is 17.9 Å². The number of nitrogens with two attached hydrogens (primary N) is 1. The van der Waals surface area contributed by atoms with Gasteiger partial charge in [-0.1, -0.05) is 17.7 Å². The summed E-state index contributed by atoms with van der Waals surface area (Å²) in [6, 6.07) is 9.99. The number of aryl methyl sites for hydroxylation is 1. The lowest BCUT2D eigenvalue weighted by atomic mass is 10.2. The molecular weight excluding hydrogens is 340 g/mol. The summed E-state index contributed by atoms with van der Waals surface area (Å²) in [7, 11) is 0. The third-order valence-electron chi connectivity index (χ3n) is 5.20. The maximum absolute atomic E-state index is 6.04. The molecule has 4 rings (SSSR count). The van der Waals surface area contributed by atoms with Crippen molar-refractivity contribution in [2.75, 3.05) is 55.3 Å². The minimum atomic E-state index is 0.408. The van der Waals surface area contributed by atoms with Crippen molar-refractivity contribution in [3.8, 4) is 0 Å². The second kappa shape index (κ2) is 8.10. The average Bonchev–Trinajstić information content (AvgIpc) is 3.17. The second-order valence-corrected chi connectivity index (χ2v) is 7.39. The number of aromatic nitrogens is 2. The molecule has 3 heterocycles. The first kappa shape index (κ1) is 18.0. The van der Waals surface area contributed by atoms with Gasteiger partial charge in [-0.25, -0.2) is 0 Å². The van der Waals surface area contributed by atoms with Crippen molar-refractivity contribution in [2.45, 2.75) is 25.9 Å². The zero-order valence-electron chi connectivity index (χ0n) is 15.9. The van der Waals surface area contributed by atoms with Crippen LogP contribution in [-0.2, 0) is 4.74 Å². The highest BCUT2D eigenvalue weighted by Crippen LogP contribution is 2.21. The zero-order chi connectivity index (χ0) is 18.6. The van der Waals surface area contributed by atoms with Crippen LogP contribution in [0.3, 0.4) is 0 Å². The molecule has 0 radical (unpaired) electrons. The van der Waals surface area contributed by atoms with Crippen LogP contribution in [0.4, 0.5) is 23.3 Å². The zero-order valence-corrected chi connectivity index (χ0v) is 15.9. The Hall–Kier alpha value is -2.38. The average molecular weight is 368 g/mol. The predicted octanol–water partition coefficient (Wildman–Crippen LogP) is 2.41. The van der Waals surface area contributed by atoms with Crippen LogP contribution in [0.2, 0.25) is 0 Å². The van der Waals surface area contributed by atoms with Crippen LogP contribution >= 0.6 is 0 Å². The fourth-order valence-electron chi connectivity index (χ4n) is 3.65. The molecule has 1 unspecified atom stereocenters. The Balaban J connectivity index is 1.38. The number of hydrogen-bond donors (Lipinski definition) is 2. The number of nitrogens with zero attached hydrogens (tertiary/aromatic N) is 4. The van der Waals surface area contributed by atoms with Crippen molar-refractivity contribution in [1.29, 1.82) is 0 Å². The molecule has 1 aromatic carbocycles. The maximum atomic E-state index is 6.04. The van der Waals surface area contributed by atoms with E-state index in [-0.39, 0.29) is 0 Å². The molecule has 2 fully saturated rings. The first-order valence-electron chi connectivity index (χ1n) is 9.73. The summed E-state index contributed by atoms with van der Waals surface area (Å²) < 4.78 is 5.76. The molecule has 0 spiro atoms. The summed E-state index contributed by atoms with van der Waals surface area (Å²) >= 11 is 0. The molecule has 144 valence electrons. The molecule has 2 aliphatic rings. The highest BCUT2D eigenvalue weighted by Gasteiger charge is 2.24. The van der Waals surface area contributed by atoms with E-state index in [1.807, 2.05) is 12.1 Å². The Labute approximate surface area is 160 Å². The quantitative estimate of drug-likeness (QED) is 0.839. The largest absolute Gasteiger partial charge is 0.383 e. The number of anilines is 4. The maximum Gasteiger partial charge on any atom is 0.229 e. The summed E-state index contributed by atoms with van der Waals surface area (Å²) in [4.78, 5) is 13.8. The molecule has 7 heteroatoms. The molecule has 2 aliphatic heterocycles. The van der Waals surface area contributed by atoms with Crippen molar-refractivity contribution >= 4 is 23.3 Å². The van der Waals surface area contributed by atoms with Gasteiger partial charge in [-0.05, 0) is 31.9 Å². The first-order chi connectivity index (χ1) is 13.2. The van der Waals surface area contributed by atoms with E-state index in [1.54, 1.807) is 6.07 Å². The Bertz CT molecular complexity index is 752. The van der Waals surface area contributed by atoms with Gasteiger partial charge >= 0.3 is 0 Å². The van der Waals surface area contributed by atoms with Gasteiger partial charge < -0.3 is 20.7 Å². The second-order valence-electron chi connectivity index (χ2n) is 7.39. The van der Waals surface area contributed by atoms with Crippen molar-refractivity contribution in [1.82, 2.24) is 14.9 Å². The molecule has 3 N–H and O–H groups in total. The fraction of sp³-hybridized carbons (Fsp3) is 0.500. The Morgan fingerprint density at radius 1 is 1.15 bits per heavy atom. The summed E-state index contributed by atoms with van der Waals surface area (Å²) in [5.74, 6) is 1.90. The Kier molecular flexibility index (Phi) is 5.40. The van der Waals surface area contributed by atoms with Crippen LogP contribution < -0.4 is 16.0 Å². The third-order valence-corrected chi connectivity index (χ3v) is 5.20. The monoisotopic (exact) mass is 368 g/mol. The minimum absolute atomic E-state index is 0.408. The van der Waals surface area contributed by atoms with Crippen molar-refractivity contribution < 1.29 is 4.74 Å². The predicted molar refractivity (Wildman–Crippen MR) is 109 cm³/mol. The van der Waals surface area contributed by atoms with E-state index in [9.17, 15) is 0 Å². The van der Waals surface area contributed by atoms with Gasteiger partial charge in [0.25, 0.3) is 0 Å². The van der Waals surface area contributed by atoms with E-state index < -0.39 is 0 Å². The van der Waals surface area contributed by atoms with Crippen LogP contribution in [0, 0.1) is 6.92 Å². The number of nitrogens with one attached hydrogen (secondary N) is 1. The summed E-state index contributed by atoms with van der Waals surface area (Å²) in [6.07, 6.45) is 2.79. The number of rotatable bonds is 5. The molecular formula is C20H28N6O. The minimum Gasteiger partial charge on any atom is -0.383 e. The number of benzene rings is 1. The van der Waals surface area contributed by atoms with Gasteiger partial charge in [0.1, 0.15) is 11.6 Å². The molecule has 2 saturated heterocycles. The molecule has 0 aliphatic carbocycles. The standard InChI is InChI=1S/C20H28N6O/c1-15-4-6-16(7-5-15)22-19-13-18(21)23-20(24-19)26-10-8-25(9-11-26)14-17-3-2-12-27-17/h4-7,13,17H,2-3,8-12,14H2,1H3,(H3,21,22,23,24). The van der Waals surface area contributed by atoms with E-state index in [0.717, 1.165) is 50.8 Å². The van der Waals surface area contributed by atoms with Gasteiger partial charge in [-0.15, -0.1) is 0 Å².